The molecule has 2 aromatic carbocycles. The fourth-order valence-corrected chi connectivity index (χ4v) is 3.34. The Labute approximate surface area is 119 Å². The lowest BCUT2D eigenvalue weighted by atomic mass is 9.77. The molecule has 1 aliphatic carbocycles. The summed E-state index contributed by atoms with van der Waals surface area (Å²) in [7, 11) is 0. The number of aryl methyl sites for hydroxylation is 1. The highest BCUT2D eigenvalue weighted by atomic mass is 15.1. The maximum Gasteiger partial charge on any atom is 0.109 e. The molecule has 1 unspecified atom stereocenters. The minimum atomic E-state index is 0.647. The van der Waals surface area contributed by atoms with Crippen molar-refractivity contribution in [2.75, 3.05) is 0 Å². The van der Waals surface area contributed by atoms with Gasteiger partial charge in [0, 0.05) is 18.9 Å². The van der Waals surface area contributed by atoms with Crippen molar-refractivity contribution >= 4 is 11.0 Å². The van der Waals surface area contributed by atoms with Crippen LogP contribution in [0.3, 0.4) is 0 Å². The van der Waals surface area contributed by atoms with Crippen LogP contribution in [-0.2, 0) is 19.4 Å². The molecule has 0 bridgehead atoms. The van der Waals surface area contributed by atoms with Crippen LogP contribution in [-0.4, -0.2) is 9.55 Å². The van der Waals surface area contributed by atoms with E-state index in [-0.39, 0.29) is 0 Å². The van der Waals surface area contributed by atoms with Gasteiger partial charge in [-0.15, -0.1) is 0 Å². The SMILES string of the molecule is CCc1nc2ccccc2n1CC1Cc2ccccc21. The third-order valence-corrected chi connectivity index (χ3v) is 4.41. The van der Waals surface area contributed by atoms with Gasteiger partial charge in [0.15, 0.2) is 0 Å². The molecule has 0 amide bonds. The van der Waals surface area contributed by atoms with Gasteiger partial charge >= 0.3 is 0 Å². The van der Waals surface area contributed by atoms with Crippen LogP contribution >= 0.6 is 0 Å². The van der Waals surface area contributed by atoms with Crippen LogP contribution in [0.1, 0.15) is 29.8 Å². The molecule has 0 saturated heterocycles. The van der Waals surface area contributed by atoms with E-state index in [0.29, 0.717) is 5.92 Å². The lowest BCUT2D eigenvalue weighted by Gasteiger charge is -2.31. The zero-order valence-corrected chi connectivity index (χ0v) is 11.7. The van der Waals surface area contributed by atoms with Gasteiger partial charge in [0.25, 0.3) is 0 Å². The number of para-hydroxylation sites is 2. The number of hydrogen-bond acceptors (Lipinski definition) is 1. The lowest BCUT2D eigenvalue weighted by Crippen LogP contribution is -2.22. The Bertz CT molecular complexity index is 770. The second-order valence-corrected chi connectivity index (χ2v) is 5.58. The molecule has 1 aromatic heterocycles. The fraction of sp³-hybridized carbons (Fsp3) is 0.278. The number of hydrogen-bond donors (Lipinski definition) is 0. The molecule has 0 N–H and O–H groups in total. The molecule has 1 heterocycles. The van der Waals surface area contributed by atoms with E-state index in [1.54, 1.807) is 0 Å². The Morgan fingerprint density at radius 3 is 2.75 bits per heavy atom. The molecular weight excluding hydrogens is 244 g/mol. The van der Waals surface area contributed by atoms with Crippen LogP contribution in [0.5, 0.6) is 0 Å². The first kappa shape index (κ1) is 11.7. The highest BCUT2D eigenvalue weighted by Crippen LogP contribution is 2.36. The second kappa shape index (κ2) is 4.48. The second-order valence-electron chi connectivity index (χ2n) is 5.58. The summed E-state index contributed by atoms with van der Waals surface area (Å²) >= 11 is 0. The van der Waals surface area contributed by atoms with Crippen molar-refractivity contribution in [3.63, 3.8) is 0 Å². The van der Waals surface area contributed by atoms with E-state index < -0.39 is 0 Å². The molecular formula is C18H18N2. The highest BCUT2D eigenvalue weighted by Gasteiger charge is 2.26. The van der Waals surface area contributed by atoms with Gasteiger partial charge in [0.2, 0.25) is 0 Å². The van der Waals surface area contributed by atoms with Crippen molar-refractivity contribution < 1.29 is 0 Å². The third kappa shape index (κ3) is 1.68. The predicted molar refractivity (Wildman–Crippen MR) is 82.0 cm³/mol. The quantitative estimate of drug-likeness (QED) is 0.699. The van der Waals surface area contributed by atoms with Crippen LogP contribution in [0.15, 0.2) is 48.5 Å². The minimum Gasteiger partial charge on any atom is -0.327 e. The zero-order valence-electron chi connectivity index (χ0n) is 11.7. The van der Waals surface area contributed by atoms with E-state index in [4.69, 9.17) is 4.98 Å². The topological polar surface area (TPSA) is 17.8 Å². The van der Waals surface area contributed by atoms with Crippen LogP contribution in [0.2, 0.25) is 0 Å². The van der Waals surface area contributed by atoms with Crippen molar-refractivity contribution in [1.82, 2.24) is 9.55 Å². The number of imidazole rings is 1. The van der Waals surface area contributed by atoms with Gasteiger partial charge in [-0.3, -0.25) is 0 Å². The van der Waals surface area contributed by atoms with Crippen LogP contribution < -0.4 is 0 Å². The van der Waals surface area contributed by atoms with Crippen molar-refractivity contribution in [3.8, 4) is 0 Å². The third-order valence-electron chi connectivity index (χ3n) is 4.41. The monoisotopic (exact) mass is 262 g/mol. The Balaban J connectivity index is 1.73. The van der Waals surface area contributed by atoms with E-state index in [0.717, 1.165) is 18.5 Å². The zero-order chi connectivity index (χ0) is 13.5. The number of aromatic nitrogens is 2. The normalized spacial score (nSPS) is 16.9. The predicted octanol–water partition coefficient (Wildman–Crippen LogP) is 3.94. The van der Waals surface area contributed by atoms with Crippen molar-refractivity contribution in [2.45, 2.75) is 32.2 Å². The van der Waals surface area contributed by atoms with Gasteiger partial charge in [-0.1, -0.05) is 43.3 Å². The van der Waals surface area contributed by atoms with E-state index in [2.05, 4.69) is 60.0 Å². The molecule has 4 rings (SSSR count). The highest BCUT2D eigenvalue weighted by molar-refractivity contribution is 5.76. The smallest absolute Gasteiger partial charge is 0.109 e. The number of nitrogens with zero attached hydrogens (tertiary/aromatic N) is 2. The molecule has 2 nitrogen and oxygen atoms in total. The van der Waals surface area contributed by atoms with Gasteiger partial charge in [-0.25, -0.2) is 4.98 Å². The summed E-state index contributed by atoms with van der Waals surface area (Å²) in [5.74, 6) is 1.85. The Kier molecular flexibility index (Phi) is 2.62. The van der Waals surface area contributed by atoms with Crippen molar-refractivity contribution in [3.05, 3.63) is 65.5 Å². The van der Waals surface area contributed by atoms with Gasteiger partial charge in [0.1, 0.15) is 5.82 Å². The van der Waals surface area contributed by atoms with E-state index >= 15 is 0 Å². The van der Waals surface area contributed by atoms with Crippen LogP contribution in [0.4, 0.5) is 0 Å². The molecule has 0 fully saturated rings. The van der Waals surface area contributed by atoms with E-state index in [9.17, 15) is 0 Å². The summed E-state index contributed by atoms with van der Waals surface area (Å²) in [6, 6.07) is 17.3. The molecule has 1 atom stereocenters. The summed E-state index contributed by atoms with van der Waals surface area (Å²) in [4.78, 5) is 4.76. The van der Waals surface area contributed by atoms with Gasteiger partial charge in [-0.2, -0.15) is 0 Å². The summed E-state index contributed by atoms with van der Waals surface area (Å²) < 4.78 is 2.41. The average molecular weight is 262 g/mol. The first-order valence-corrected chi connectivity index (χ1v) is 7.38. The van der Waals surface area contributed by atoms with Gasteiger partial charge < -0.3 is 4.57 Å². The Morgan fingerprint density at radius 2 is 1.90 bits per heavy atom. The number of fused-ring (bicyclic) bond motifs is 2. The largest absolute Gasteiger partial charge is 0.327 e. The van der Waals surface area contributed by atoms with E-state index in [1.165, 1.54) is 28.9 Å². The van der Waals surface area contributed by atoms with Gasteiger partial charge in [0.05, 0.1) is 11.0 Å². The number of benzene rings is 2. The maximum atomic E-state index is 4.76. The van der Waals surface area contributed by atoms with Gasteiger partial charge in [-0.05, 0) is 29.7 Å². The summed E-state index contributed by atoms with van der Waals surface area (Å²) in [5.41, 5.74) is 5.43. The summed E-state index contributed by atoms with van der Waals surface area (Å²) in [6.45, 7) is 3.24. The molecule has 0 radical (unpaired) electrons. The molecule has 20 heavy (non-hydrogen) atoms. The first-order valence-electron chi connectivity index (χ1n) is 7.38. The summed E-state index contributed by atoms with van der Waals surface area (Å²) in [6.07, 6.45) is 2.19. The Morgan fingerprint density at radius 1 is 1.10 bits per heavy atom. The molecule has 0 saturated carbocycles. The van der Waals surface area contributed by atoms with E-state index in [1.807, 2.05) is 0 Å². The molecule has 3 aromatic rings. The summed E-state index contributed by atoms with van der Waals surface area (Å²) in [5, 5.41) is 0. The standard InChI is InChI=1S/C18H18N2/c1-2-18-19-16-9-5-6-10-17(16)20(18)12-14-11-13-7-3-4-8-15(13)14/h3-10,14H,2,11-12H2,1H3. The molecule has 1 aliphatic rings. The van der Waals surface area contributed by atoms with Crippen molar-refractivity contribution in [2.24, 2.45) is 0 Å². The lowest BCUT2D eigenvalue weighted by molar-refractivity contribution is 0.505. The molecule has 0 aliphatic heterocycles. The van der Waals surface area contributed by atoms with Crippen LogP contribution in [0, 0.1) is 0 Å². The Hall–Kier alpha value is -2.09. The average Bonchev–Trinajstić information content (AvgIpc) is 2.83. The fourth-order valence-electron chi connectivity index (χ4n) is 3.34. The molecule has 0 spiro atoms. The minimum absolute atomic E-state index is 0.647. The molecule has 2 heteroatoms. The number of rotatable bonds is 3. The van der Waals surface area contributed by atoms with Crippen molar-refractivity contribution in [1.29, 1.82) is 0 Å². The molecule has 100 valence electrons. The van der Waals surface area contributed by atoms with Crippen LogP contribution in [0.25, 0.3) is 11.0 Å². The maximum absolute atomic E-state index is 4.76. The first-order chi connectivity index (χ1) is 9.86.